The van der Waals surface area contributed by atoms with E-state index in [0.717, 1.165) is 18.5 Å². The van der Waals surface area contributed by atoms with Gasteiger partial charge in [-0.15, -0.1) is 0 Å². The van der Waals surface area contributed by atoms with Crippen LogP contribution in [0.3, 0.4) is 0 Å². The lowest BCUT2D eigenvalue weighted by Gasteiger charge is -2.35. The Kier molecular flexibility index (Phi) is 4.89. The lowest BCUT2D eigenvalue weighted by Crippen LogP contribution is -2.34. The van der Waals surface area contributed by atoms with Crippen LogP contribution in [-0.2, 0) is 13.0 Å². The molecule has 0 bridgehead atoms. The zero-order valence-corrected chi connectivity index (χ0v) is 17.5. The molecule has 0 amide bonds. The molecule has 0 aliphatic carbocycles. The molecule has 5 rings (SSSR count). The fraction of sp³-hybridized carbons (Fsp3) is 0.269. The van der Waals surface area contributed by atoms with Gasteiger partial charge in [-0.1, -0.05) is 42.0 Å². The second kappa shape index (κ2) is 7.71. The molecule has 2 unspecified atom stereocenters. The third-order valence-electron chi connectivity index (χ3n) is 6.34. The lowest BCUT2D eigenvalue weighted by molar-refractivity contribution is 0.153. The topological polar surface area (TPSA) is 41.3 Å². The Bertz CT molecular complexity index is 1170. The summed E-state index contributed by atoms with van der Waals surface area (Å²) in [7, 11) is 2.20. The molecule has 1 N–H and O–H groups in total. The number of aromatic nitrogens is 2. The third kappa shape index (κ3) is 3.22. The van der Waals surface area contributed by atoms with Crippen molar-refractivity contribution >= 4 is 10.9 Å². The van der Waals surface area contributed by atoms with Crippen LogP contribution in [0.2, 0.25) is 0 Å². The van der Waals surface area contributed by atoms with Gasteiger partial charge in [0.25, 0.3) is 0 Å². The fourth-order valence-electron chi connectivity index (χ4n) is 4.87. The lowest BCUT2D eigenvalue weighted by atomic mass is 9.92. The summed E-state index contributed by atoms with van der Waals surface area (Å²) in [5.41, 5.74) is 7.39. The molecule has 0 radical (unpaired) electrons. The zero-order chi connectivity index (χ0) is 20.7. The number of aliphatic hydroxyl groups is 1. The molecule has 4 nitrogen and oxygen atoms in total. The molecular weight excluding hydrogens is 370 g/mol. The summed E-state index contributed by atoms with van der Waals surface area (Å²) < 4.78 is 2.35. The quantitative estimate of drug-likeness (QED) is 0.545. The minimum atomic E-state index is -0.586. The molecule has 1 aliphatic heterocycles. The summed E-state index contributed by atoms with van der Waals surface area (Å²) in [6, 6.07) is 21.4. The molecule has 3 heterocycles. The van der Waals surface area contributed by atoms with Crippen LogP contribution < -0.4 is 0 Å². The Morgan fingerprint density at radius 2 is 1.83 bits per heavy atom. The molecule has 0 saturated carbocycles. The summed E-state index contributed by atoms with van der Waals surface area (Å²) in [5, 5.41) is 12.4. The van der Waals surface area contributed by atoms with E-state index < -0.39 is 6.10 Å². The van der Waals surface area contributed by atoms with Crippen molar-refractivity contribution in [3.05, 3.63) is 101 Å². The van der Waals surface area contributed by atoms with Crippen molar-refractivity contribution in [2.75, 3.05) is 13.6 Å². The number of hydrogen-bond acceptors (Lipinski definition) is 3. The van der Waals surface area contributed by atoms with E-state index in [1.807, 2.05) is 12.1 Å². The van der Waals surface area contributed by atoms with Crippen molar-refractivity contribution in [1.29, 1.82) is 0 Å². The minimum Gasteiger partial charge on any atom is -0.387 e. The van der Waals surface area contributed by atoms with Gasteiger partial charge in [-0.05, 0) is 61.3 Å². The van der Waals surface area contributed by atoms with Crippen molar-refractivity contribution in [3.8, 4) is 0 Å². The summed E-state index contributed by atoms with van der Waals surface area (Å²) in [5.74, 6) is 0. The van der Waals surface area contributed by atoms with E-state index in [1.54, 1.807) is 12.4 Å². The van der Waals surface area contributed by atoms with E-state index >= 15 is 0 Å². The van der Waals surface area contributed by atoms with E-state index in [9.17, 15) is 5.11 Å². The molecule has 2 aromatic carbocycles. The highest BCUT2D eigenvalue weighted by atomic mass is 16.3. The number of benzene rings is 2. The number of nitrogens with zero attached hydrogens (tertiary/aromatic N) is 3. The highest BCUT2D eigenvalue weighted by Gasteiger charge is 2.32. The van der Waals surface area contributed by atoms with Gasteiger partial charge < -0.3 is 9.67 Å². The minimum absolute atomic E-state index is 0.173. The van der Waals surface area contributed by atoms with Crippen molar-refractivity contribution < 1.29 is 5.11 Å². The summed E-state index contributed by atoms with van der Waals surface area (Å²) in [4.78, 5) is 6.52. The van der Waals surface area contributed by atoms with Gasteiger partial charge in [-0.25, -0.2) is 0 Å². The van der Waals surface area contributed by atoms with E-state index in [2.05, 4.69) is 77.0 Å². The van der Waals surface area contributed by atoms with E-state index in [0.29, 0.717) is 6.54 Å². The Hall–Kier alpha value is -2.95. The first-order chi connectivity index (χ1) is 14.6. The first-order valence-corrected chi connectivity index (χ1v) is 10.6. The highest BCUT2D eigenvalue weighted by Crippen LogP contribution is 2.40. The Balaban J connectivity index is 1.71. The fourth-order valence-corrected chi connectivity index (χ4v) is 4.87. The van der Waals surface area contributed by atoms with Crippen molar-refractivity contribution in [3.63, 3.8) is 0 Å². The zero-order valence-electron chi connectivity index (χ0n) is 17.5. The molecule has 2 atom stereocenters. The van der Waals surface area contributed by atoms with Crippen LogP contribution in [0.15, 0.2) is 73.1 Å². The maximum atomic E-state index is 11.1. The Labute approximate surface area is 177 Å². The molecule has 4 aromatic rings. The number of likely N-dealkylation sites (N-methyl/N-ethyl adjacent to an activating group) is 1. The van der Waals surface area contributed by atoms with Crippen molar-refractivity contribution in [1.82, 2.24) is 14.5 Å². The van der Waals surface area contributed by atoms with Gasteiger partial charge in [0.15, 0.2) is 0 Å². The van der Waals surface area contributed by atoms with Crippen molar-refractivity contribution in [2.45, 2.75) is 32.0 Å². The van der Waals surface area contributed by atoms with Crippen LogP contribution in [0.5, 0.6) is 0 Å². The summed E-state index contributed by atoms with van der Waals surface area (Å²) in [6.07, 6.45) is 3.92. The van der Waals surface area contributed by atoms with E-state index in [4.69, 9.17) is 0 Å². The number of aryl methyl sites for hydroxylation is 1. The van der Waals surface area contributed by atoms with Crippen LogP contribution in [0.25, 0.3) is 10.9 Å². The average Bonchev–Trinajstić information content (AvgIpc) is 3.07. The Morgan fingerprint density at radius 3 is 2.60 bits per heavy atom. The molecule has 0 fully saturated rings. The number of fused-ring (bicyclic) bond motifs is 3. The largest absolute Gasteiger partial charge is 0.387 e. The Morgan fingerprint density at radius 1 is 1.07 bits per heavy atom. The molecule has 152 valence electrons. The van der Waals surface area contributed by atoms with Gasteiger partial charge in [0.1, 0.15) is 0 Å². The van der Waals surface area contributed by atoms with Gasteiger partial charge in [0.2, 0.25) is 0 Å². The molecular formula is C26H27N3O. The maximum absolute atomic E-state index is 11.1. The van der Waals surface area contributed by atoms with Gasteiger partial charge in [0.05, 0.1) is 18.7 Å². The first kappa shape index (κ1) is 19.0. The van der Waals surface area contributed by atoms with Crippen LogP contribution >= 0.6 is 0 Å². The molecule has 30 heavy (non-hydrogen) atoms. The normalized spacial score (nSPS) is 17.8. The first-order valence-electron chi connectivity index (χ1n) is 10.6. The van der Waals surface area contributed by atoms with Gasteiger partial charge in [0, 0.05) is 35.5 Å². The van der Waals surface area contributed by atoms with Crippen LogP contribution in [0.4, 0.5) is 0 Å². The molecule has 1 aliphatic rings. The van der Waals surface area contributed by atoms with Gasteiger partial charge >= 0.3 is 0 Å². The monoisotopic (exact) mass is 397 g/mol. The predicted octanol–water partition coefficient (Wildman–Crippen LogP) is 4.66. The average molecular weight is 398 g/mol. The highest BCUT2D eigenvalue weighted by molar-refractivity contribution is 5.87. The second-order valence-electron chi connectivity index (χ2n) is 8.34. The maximum Gasteiger partial charge on any atom is 0.0970 e. The second-order valence-corrected chi connectivity index (χ2v) is 8.34. The molecule has 4 heteroatoms. The van der Waals surface area contributed by atoms with Crippen LogP contribution in [0, 0.1) is 6.92 Å². The number of pyridine rings is 1. The SMILES string of the molecule is Cc1ccc2c(c1)c1c(n2CC(O)c2ccncc2)C(c2ccccc2)N(C)CC1. The summed E-state index contributed by atoms with van der Waals surface area (Å²) >= 11 is 0. The smallest absolute Gasteiger partial charge is 0.0970 e. The number of aliphatic hydroxyl groups excluding tert-OH is 1. The number of hydrogen-bond donors (Lipinski definition) is 1. The van der Waals surface area contributed by atoms with E-state index in [-0.39, 0.29) is 6.04 Å². The van der Waals surface area contributed by atoms with Crippen LogP contribution in [-0.4, -0.2) is 33.1 Å². The summed E-state index contributed by atoms with van der Waals surface area (Å²) in [6.45, 7) is 3.70. The standard InChI is InChI=1S/C26H27N3O/c1-18-8-9-23-22(16-18)21-12-15-28(2)25(20-6-4-3-5-7-20)26(21)29(23)17-24(30)19-10-13-27-14-11-19/h3-11,13-14,16,24-25,30H,12,15,17H2,1-2H3. The molecule has 2 aromatic heterocycles. The van der Waals surface area contributed by atoms with Crippen LogP contribution in [0.1, 0.15) is 40.1 Å². The van der Waals surface area contributed by atoms with Gasteiger partial charge in [-0.2, -0.15) is 0 Å². The van der Waals surface area contributed by atoms with Gasteiger partial charge in [-0.3, -0.25) is 9.88 Å². The molecule has 0 spiro atoms. The predicted molar refractivity (Wildman–Crippen MR) is 120 cm³/mol. The molecule has 0 saturated heterocycles. The van der Waals surface area contributed by atoms with E-state index in [1.165, 1.54) is 33.3 Å². The number of rotatable bonds is 4. The van der Waals surface area contributed by atoms with Crippen molar-refractivity contribution in [2.24, 2.45) is 0 Å². The third-order valence-corrected chi connectivity index (χ3v) is 6.34.